The van der Waals surface area contributed by atoms with E-state index in [9.17, 15) is 5.11 Å². The molecule has 0 spiro atoms. The Kier molecular flexibility index (Phi) is 6.94. The van der Waals surface area contributed by atoms with Gasteiger partial charge in [0.1, 0.15) is 0 Å². The highest BCUT2D eigenvalue weighted by Crippen LogP contribution is 2.56. The van der Waals surface area contributed by atoms with E-state index in [1.165, 1.54) is 47.6 Å². The summed E-state index contributed by atoms with van der Waals surface area (Å²) in [5.41, 5.74) is 3.15. The molecule has 1 fully saturated rings. The molecule has 0 amide bonds. The van der Waals surface area contributed by atoms with Gasteiger partial charge >= 0.3 is 0 Å². The highest BCUT2D eigenvalue weighted by Gasteiger charge is 2.48. The molecule has 148 valence electrons. The highest BCUT2D eigenvalue weighted by molar-refractivity contribution is 5.87. The van der Waals surface area contributed by atoms with E-state index in [0.717, 1.165) is 32.1 Å². The van der Waals surface area contributed by atoms with Gasteiger partial charge < -0.3 is 10.2 Å². The molecule has 0 radical (unpaired) electrons. The van der Waals surface area contributed by atoms with E-state index in [-0.39, 0.29) is 11.5 Å². The van der Waals surface area contributed by atoms with Crippen LogP contribution in [0.2, 0.25) is 0 Å². The molecule has 4 rings (SSSR count). The van der Waals surface area contributed by atoms with Crippen LogP contribution in [0.15, 0.2) is 36.4 Å². The maximum absolute atomic E-state index is 10.3. The second kappa shape index (κ2) is 9.21. The molecule has 27 heavy (non-hydrogen) atoms. The smallest absolute Gasteiger partial charge is 0.0600 e. The largest absolute Gasteiger partial charge is 0.396 e. The van der Waals surface area contributed by atoms with Gasteiger partial charge in [0.2, 0.25) is 0 Å². The number of aryl methyl sites for hydroxylation is 1. The predicted octanol–water partition coefficient (Wildman–Crippen LogP) is 5.98. The molecule has 0 aliphatic heterocycles. The molecule has 2 heteroatoms. The summed E-state index contributed by atoms with van der Waals surface area (Å²) in [7, 11) is 0. The van der Waals surface area contributed by atoms with Gasteiger partial charge in [0, 0.05) is 12.0 Å². The molecule has 2 aromatic rings. The highest BCUT2D eigenvalue weighted by atomic mass is 16.3. The molecule has 2 aromatic carbocycles. The minimum Gasteiger partial charge on any atom is -0.396 e. The Morgan fingerprint density at radius 2 is 1.78 bits per heavy atom. The Bertz CT molecular complexity index is 732. The third-order valence-corrected chi connectivity index (χ3v) is 6.91. The monoisotopic (exact) mass is 368 g/mol. The van der Waals surface area contributed by atoms with Crippen molar-refractivity contribution in [3.05, 3.63) is 47.5 Å². The molecular weight excluding hydrogens is 332 g/mol. The summed E-state index contributed by atoms with van der Waals surface area (Å²) in [4.78, 5) is 0. The van der Waals surface area contributed by atoms with Crippen molar-refractivity contribution in [2.45, 2.75) is 83.7 Å². The van der Waals surface area contributed by atoms with E-state index >= 15 is 0 Å². The van der Waals surface area contributed by atoms with Crippen LogP contribution in [0.25, 0.3) is 10.8 Å². The summed E-state index contributed by atoms with van der Waals surface area (Å²) in [6.45, 7) is 4.84. The van der Waals surface area contributed by atoms with Crippen LogP contribution in [-0.2, 0) is 6.42 Å². The normalized spacial score (nSPS) is 26.2. The van der Waals surface area contributed by atoms with Crippen LogP contribution in [0.3, 0.4) is 0 Å². The molecule has 0 heterocycles. The number of benzene rings is 2. The number of hydrogen-bond acceptors (Lipinski definition) is 2. The fourth-order valence-corrected chi connectivity index (χ4v) is 5.14. The van der Waals surface area contributed by atoms with Gasteiger partial charge in [-0.1, -0.05) is 75.9 Å². The van der Waals surface area contributed by atoms with Gasteiger partial charge in [-0.25, -0.2) is 0 Å². The maximum atomic E-state index is 10.3. The molecule has 1 saturated carbocycles. The fraction of sp³-hybridized carbons (Fsp3) is 0.600. The van der Waals surface area contributed by atoms with Gasteiger partial charge in [0.15, 0.2) is 0 Å². The van der Waals surface area contributed by atoms with Crippen LogP contribution in [0, 0.1) is 5.41 Å². The summed E-state index contributed by atoms with van der Waals surface area (Å²) in [5, 5.41) is 21.5. The van der Waals surface area contributed by atoms with Crippen LogP contribution in [0.4, 0.5) is 0 Å². The number of fused-ring (bicyclic) bond motifs is 5. The molecule has 0 saturated heterocycles. The average Bonchev–Trinajstić information content (AvgIpc) is 3.00. The van der Waals surface area contributed by atoms with Crippen molar-refractivity contribution in [1.82, 2.24) is 0 Å². The summed E-state index contributed by atoms with van der Waals surface area (Å²) in [6, 6.07) is 13.3. The minimum absolute atomic E-state index is 0.107. The van der Waals surface area contributed by atoms with Crippen molar-refractivity contribution >= 4 is 10.8 Å². The summed E-state index contributed by atoms with van der Waals surface area (Å²) in [5.74, 6) is 0.552. The van der Waals surface area contributed by atoms with Gasteiger partial charge in [-0.2, -0.15) is 0 Å². The van der Waals surface area contributed by atoms with Gasteiger partial charge in [0.25, 0.3) is 0 Å². The number of rotatable bonds is 5. The molecule has 3 atom stereocenters. The van der Waals surface area contributed by atoms with Crippen molar-refractivity contribution in [1.29, 1.82) is 0 Å². The van der Waals surface area contributed by atoms with Crippen molar-refractivity contribution < 1.29 is 10.2 Å². The number of unbranched alkanes of at least 4 members (excludes halogenated alkanes) is 4. The Morgan fingerprint density at radius 1 is 1.00 bits per heavy atom. The van der Waals surface area contributed by atoms with Crippen LogP contribution in [0.5, 0.6) is 0 Å². The van der Waals surface area contributed by atoms with E-state index in [0.29, 0.717) is 12.5 Å². The first kappa shape index (κ1) is 20.4. The number of aliphatic hydroxyl groups is 2. The van der Waals surface area contributed by atoms with Gasteiger partial charge in [-0.05, 0) is 59.9 Å². The lowest BCUT2D eigenvalue weighted by Gasteiger charge is -2.40. The van der Waals surface area contributed by atoms with Crippen molar-refractivity contribution in [2.24, 2.45) is 5.41 Å². The van der Waals surface area contributed by atoms with E-state index < -0.39 is 0 Å². The first-order valence-electron chi connectivity index (χ1n) is 10.9. The Morgan fingerprint density at radius 3 is 2.56 bits per heavy atom. The summed E-state index contributed by atoms with van der Waals surface area (Å²) in [6.07, 6.45) is 10.3. The van der Waals surface area contributed by atoms with E-state index in [2.05, 4.69) is 50.2 Å². The Balaban J connectivity index is 0.000000226. The van der Waals surface area contributed by atoms with Gasteiger partial charge in [-0.3, -0.25) is 0 Å². The molecule has 2 unspecified atom stereocenters. The average molecular weight is 369 g/mol. The molecule has 2 nitrogen and oxygen atoms in total. The number of aliphatic hydroxyl groups excluding tert-OH is 2. The summed E-state index contributed by atoms with van der Waals surface area (Å²) < 4.78 is 0. The number of hydrogen-bond donors (Lipinski definition) is 2. The van der Waals surface area contributed by atoms with Crippen molar-refractivity contribution in [2.75, 3.05) is 6.61 Å². The zero-order chi connectivity index (χ0) is 19.3. The third-order valence-electron chi connectivity index (χ3n) is 6.91. The van der Waals surface area contributed by atoms with E-state index in [4.69, 9.17) is 5.11 Å². The molecular formula is C25H36O2. The predicted molar refractivity (Wildman–Crippen MR) is 114 cm³/mol. The fourth-order valence-electron chi connectivity index (χ4n) is 5.14. The lowest BCUT2D eigenvalue weighted by atomic mass is 9.65. The molecule has 2 aliphatic carbocycles. The molecule has 0 bridgehead atoms. The SMILES string of the molecule is CCCCCCCO.C[C@]12CCc3c(ccc4ccccc34)C1CCC2O. The third kappa shape index (κ3) is 4.22. The molecule has 0 aromatic heterocycles. The zero-order valence-corrected chi connectivity index (χ0v) is 17.1. The van der Waals surface area contributed by atoms with Crippen LogP contribution in [0.1, 0.15) is 82.3 Å². The Hall–Kier alpha value is -1.38. The second-order valence-corrected chi connectivity index (χ2v) is 8.64. The van der Waals surface area contributed by atoms with Crippen molar-refractivity contribution in [3.8, 4) is 0 Å². The Labute approximate surface area is 164 Å². The lowest BCUT2D eigenvalue weighted by molar-refractivity contribution is 0.0459. The van der Waals surface area contributed by atoms with Gasteiger partial charge in [0.05, 0.1) is 6.10 Å². The quantitative estimate of drug-likeness (QED) is 0.637. The maximum Gasteiger partial charge on any atom is 0.0600 e. The van der Waals surface area contributed by atoms with E-state index in [1.807, 2.05) is 0 Å². The van der Waals surface area contributed by atoms with Crippen LogP contribution >= 0.6 is 0 Å². The van der Waals surface area contributed by atoms with Crippen LogP contribution in [-0.4, -0.2) is 22.9 Å². The first-order chi connectivity index (χ1) is 13.1. The van der Waals surface area contributed by atoms with E-state index in [1.54, 1.807) is 0 Å². The first-order valence-corrected chi connectivity index (χ1v) is 10.9. The molecule has 2 aliphatic rings. The zero-order valence-electron chi connectivity index (χ0n) is 17.1. The lowest BCUT2D eigenvalue weighted by Crippen LogP contribution is -2.35. The standard InChI is InChI=1S/C18H20O.C7H16O/c1-18-11-10-14-13-5-3-2-4-12(13)6-7-15(14)16(18)8-9-17(18)19;1-2-3-4-5-6-7-8/h2-7,16-17,19H,8-11H2,1H3;8H,2-7H2,1H3/t16?,17?,18-;/m0./s1. The topological polar surface area (TPSA) is 40.5 Å². The van der Waals surface area contributed by atoms with Gasteiger partial charge in [-0.15, -0.1) is 0 Å². The van der Waals surface area contributed by atoms with Crippen molar-refractivity contribution in [3.63, 3.8) is 0 Å². The summed E-state index contributed by atoms with van der Waals surface area (Å²) >= 11 is 0. The molecule has 2 N–H and O–H groups in total. The minimum atomic E-state index is -0.114. The van der Waals surface area contributed by atoms with Crippen LogP contribution < -0.4 is 0 Å². The second-order valence-electron chi connectivity index (χ2n) is 8.64.